The van der Waals surface area contributed by atoms with Crippen LogP contribution in [0.3, 0.4) is 0 Å². The summed E-state index contributed by atoms with van der Waals surface area (Å²) in [5.74, 6) is 1.73. The molecule has 0 amide bonds. The van der Waals surface area contributed by atoms with Crippen LogP contribution in [0.1, 0.15) is 54.5 Å². The predicted molar refractivity (Wildman–Crippen MR) is 119 cm³/mol. The quantitative estimate of drug-likeness (QED) is 0.744. The highest BCUT2D eigenvalue weighted by molar-refractivity contribution is 6.03. The van der Waals surface area contributed by atoms with Crippen molar-refractivity contribution in [1.29, 1.82) is 0 Å². The van der Waals surface area contributed by atoms with Crippen LogP contribution in [0, 0.1) is 13.8 Å². The van der Waals surface area contributed by atoms with Crippen molar-refractivity contribution < 1.29 is 9.47 Å². The first-order chi connectivity index (χ1) is 14.5. The lowest BCUT2D eigenvalue weighted by Crippen LogP contribution is -2.59. The summed E-state index contributed by atoms with van der Waals surface area (Å²) >= 11 is 0. The van der Waals surface area contributed by atoms with Gasteiger partial charge < -0.3 is 14.4 Å². The van der Waals surface area contributed by atoms with Gasteiger partial charge in [-0.05, 0) is 38.1 Å². The first kappa shape index (κ1) is 19.4. The summed E-state index contributed by atoms with van der Waals surface area (Å²) in [7, 11) is 1.73. The molecule has 5 heteroatoms. The number of hydrogen-bond donors (Lipinski definition) is 0. The molecule has 3 aliphatic rings. The number of aryl methyl sites for hydroxylation is 2. The van der Waals surface area contributed by atoms with Crippen molar-refractivity contribution in [2.24, 2.45) is 5.10 Å². The smallest absolute Gasteiger partial charge is 0.200 e. The second kappa shape index (κ2) is 7.31. The number of rotatable bonds is 3. The van der Waals surface area contributed by atoms with Crippen LogP contribution in [0.4, 0.5) is 0 Å². The van der Waals surface area contributed by atoms with E-state index in [-0.39, 0.29) is 6.04 Å². The van der Waals surface area contributed by atoms with E-state index in [1.165, 1.54) is 22.3 Å². The summed E-state index contributed by atoms with van der Waals surface area (Å²) in [6, 6.07) is 13.1. The van der Waals surface area contributed by atoms with Gasteiger partial charge in [-0.1, -0.05) is 36.8 Å². The van der Waals surface area contributed by atoms with Gasteiger partial charge in [0.15, 0.2) is 11.5 Å². The second-order valence-corrected chi connectivity index (χ2v) is 8.79. The molecule has 3 aliphatic heterocycles. The van der Waals surface area contributed by atoms with E-state index in [9.17, 15) is 0 Å². The molecule has 0 saturated carbocycles. The number of ether oxygens (including phenoxy) is 2. The number of nitrogens with zero attached hydrogens (tertiary/aromatic N) is 3. The van der Waals surface area contributed by atoms with E-state index in [0.717, 1.165) is 56.1 Å². The van der Waals surface area contributed by atoms with E-state index >= 15 is 0 Å². The fraction of sp³-hybridized carbons (Fsp3) is 0.480. The lowest BCUT2D eigenvalue weighted by Gasteiger charge is -2.51. The second-order valence-electron chi connectivity index (χ2n) is 8.79. The largest absolute Gasteiger partial charge is 0.493 e. The Morgan fingerprint density at radius 2 is 1.97 bits per heavy atom. The topological polar surface area (TPSA) is 37.3 Å². The third kappa shape index (κ3) is 2.99. The maximum absolute atomic E-state index is 6.79. The summed E-state index contributed by atoms with van der Waals surface area (Å²) in [5.41, 5.74) is 5.75. The number of piperidine rings is 1. The minimum atomic E-state index is -0.405. The lowest BCUT2D eigenvalue weighted by atomic mass is 9.89. The summed E-state index contributed by atoms with van der Waals surface area (Å²) in [6.07, 6.45) is 2.78. The minimum absolute atomic E-state index is 0.187. The molecule has 0 N–H and O–H groups in total. The molecule has 1 spiro atoms. The molecule has 5 nitrogen and oxygen atoms in total. The third-order valence-electron chi connectivity index (χ3n) is 7.00. The van der Waals surface area contributed by atoms with E-state index in [2.05, 4.69) is 61.0 Å². The van der Waals surface area contributed by atoms with Gasteiger partial charge in [-0.15, -0.1) is 0 Å². The molecule has 3 heterocycles. The molecular formula is C25H31N3O2. The van der Waals surface area contributed by atoms with Gasteiger partial charge in [-0.3, -0.25) is 0 Å². The summed E-state index contributed by atoms with van der Waals surface area (Å²) in [4.78, 5) is 2.49. The minimum Gasteiger partial charge on any atom is -0.493 e. The molecule has 158 valence electrons. The molecule has 30 heavy (non-hydrogen) atoms. The first-order valence-electron chi connectivity index (χ1n) is 11.1. The molecule has 1 saturated heterocycles. The molecule has 0 radical (unpaired) electrons. The molecule has 0 bridgehead atoms. The van der Waals surface area contributed by atoms with E-state index < -0.39 is 5.72 Å². The number of para-hydroxylation sites is 1. The predicted octanol–water partition coefficient (Wildman–Crippen LogP) is 4.67. The average molecular weight is 406 g/mol. The fourth-order valence-corrected chi connectivity index (χ4v) is 5.19. The Hall–Kier alpha value is -2.53. The molecule has 1 unspecified atom stereocenters. The number of hydrogen-bond acceptors (Lipinski definition) is 5. The number of likely N-dealkylation sites (tertiary alicyclic amines) is 1. The van der Waals surface area contributed by atoms with Crippen LogP contribution in [-0.4, -0.2) is 48.1 Å². The first-order valence-corrected chi connectivity index (χ1v) is 11.1. The van der Waals surface area contributed by atoms with Crippen LogP contribution in [0.5, 0.6) is 11.5 Å². The highest BCUT2D eigenvalue weighted by atomic mass is 16.5. The standard InChI is InChI=1S/C25H31N3O2/c1-5-27-13-11-25(12-14-27)28-22(19-7-6-8-23(29-4)24(19)30-25)16-21(26-28)20-15-17(2)9-10-18(20)3/h6-10,15,22H,5,11-14,16H2,1-4H3. The summed E-state index contributed by atoms with van der Waals surface area (Å²) in [5, 5.41) is 7.52. The fourth-order valence-electron chi connectivity index (χ4n) is 5.19. The Bertz CT molecular complexity index is 992. The molecular weight excluding hydrogens is 374 g/mol. The molecule has 0 aromatic heterocycles. The van der Waals surface area contributed by atoms with Gasteiger partial charge in [-0.2, -0.15) is 5.10 Å². The highest BCUT2D eigenvalue weighted by Gasteiger charge is 2.52. The monoisotopic (exact) mass is 405 g/mol. The lowest BCUT2D eigenvalue weighted by molar-refractivity contribution is -0.150. The normalized spacial score (nSPS) is 22.3. The van der Waals surface area contributed by atoms with Crippen LogP contribution in [0.25, 0.3) is 0 Å². The molecule has 2 aromatic rings. The van der Waals surface area contributed by atoms with Crippen molar-refractivity contribution in [3.8, 4) is 11.5 Å². The zero-order valence-corrected chi connectivity index (χ0v) is 18.4. The number of hydrazone groups is 1. The van der Waals surface area contributed by atoms with Gasteiger partial charge in [0.05, 0.1) is 18.9 Å². The average Bonchev–Trinajstić information content (AvgIpc) is 3.22. The molecule has 1 fully saturated rings. The van der Waals surface area contributed by atoms with Crippen LogP contribution in [0.2, 0.25) is 0 Å². The van der Waals surface area contributed by atoms with E-state index in [1.54, 1.807) is 7.11 Å². The van der Waals surface area contributed by atoms with Crippen LogP contribution >= 0.6 is 0 Å². The van der Waals surface area contributed by atoms with Crippen molar-refractivity contribution in [3.05, 3.63) is 58.7 Å². The van der Waals surface area contributed by atoms with Gasteiger partial charge >= 0.3 is 0 Å². The summed E-state index contributed by atoms with van der Waals surface area (Å²) in [6.45, 7) is 9.69. The van der Waals surface area contributed by atoms with E-state index in [0.29, 0.717) is 0 Å². The zero-order valence-electron chi connectivity index (χ0n) is 18.4. The van der Waals surface area contributed by atoms with Crippen LogP contribution in [-0.2, 0) is 0 Å². The Kier molecular flexibility index (Phi) is 4.73. The van der Waals surface area contributed by atoms with Crippen molar-refractivity contribution in [2.45, 2.75) is 51.8 Å². The van der Waals surface area contributed by atoms with Crippen molar-refractivity contribution in [2.75, 3.05) is 26.7 Å². The van der Waals surface area contributed by atoms with E-state index in [4.69, 9.17) is 14.6 Å². The molecule has 1 atom stereocenters. The van der Waals surface area contributed by atoms with Crippen molar-refractivity contribution >= 4 is 5.71 Å². The molecule has 0 aliphatic carbocycles. The van der Waals surface area contributed by atoms with Crippen molar-refractivity contribution in [1.82, 2.24) is 9.91 Å². The van der Waals surface area contributed by atoms with Gasteiger partial charge in [0.1, 0.15) is 0 Å². The summed E-state index contributed by atoms with van der Waals surface area (Å²) < 4.78 is 12.5. The van der Waals surface area contributed by atoms with Gasteiger partial charge in [0.2, 0.25) is 5.72 Å². The van der Waals surface area contributed by atoms with Crippen LogP contribution in [0.15, 0.2) is 41.5 Å². The Morgan fingerprint density at radius 1 is 1.17 bits per heavy atom. The van der Waals surface area contributed by atoms with Crippen molar-refractivity contribution in [3.63, 3.8) is 0 Å². The Morgan fingerprint density at radius 3 is 2.70 bits per heavy atom. The van der Waals surface area contributed by atoms with Gasteiger partial charge in [-0.25, -0.2) is 5.01 Å². The highest BCUT2D eigenvalue weighted by Crippen LogP contribution is 2.52. The number of methoxy groups -OCH3 is 1. The van der Waals surface area contributed by atoms with Crippen LogP contribution < -0.4 is 9.47 Å². The maximum atomic E-state index is 6.79. The number of fused-ring (bicyclic) bond motifs is 4. The molecule has 5 rings (SSSR count). The third-order valence-corrected chi connectivity index (χ3v) is 7.00. The number of benzene rings is 2. The van der Waals surface area contributed by atoms with Gasteiger partial charge in [0.25, 0.3) is 0 Å². The molecule has 2 aromatic carbocycles. The maximum Gasteiger partial charge on any atom is 0.200 e. The Balaban J connectivity index is 1.60. The Labute approximate surface area is 179 Å². The van der Waals surface area contributed by atoms with E-state index in [1.807, 2.05) is 6.07 Å². The van der Waals surface area contributed by atoms with Gasteiger partial charge in [0, 0.05) is 43.5 Å². The SMILES string of the molecule is CCN1CCC2(CC1)Oc1c(OC)cccc1C1CC(c3cc(C)ccc3C)=NN12. The zero-order chi connectivity index (χ0) is 20.9.